The van der Waals surface area contributed by atoms with Crippen LogP contribution in [0.1, 0.15) is 18.3 Å². The van der Waals surface area contributed by atoms with Crippen LogP contribution in [0, 0.1) is 21.8 Å². The van der Waals surface area contributed by atoms with Gasteiger partial charge in [0, 0.05) is 30.9 Å². The van der Waals surface area contributed by atoms with E-state index < -0.39 is 0 Å². The van der Waals surface area contributed by atoms with Gasteiger partial charge in [-0.15, -0.1) is 0 Å². The number of rotatable bonds is 3. The second-order valence-corrected chi connectivity index (χ2v) is 5.99. The predicted molar refractivity (Wildman–Crippen MR) is 85.5 cm³/mol. The predicted octanol–water partition coefficient (Wildman–Crippen LogP) is 2.58. The maximum Gasteiger partial charge on any atom is 0.269 e. The summed E-state index contributed by atoms with van der Waals surface area (Å²) in [5, 5.41) is 15.4. The fourth-order valence-electron chi connectivity index (χ4n) is 2.84. The summed E-state index contributed by atoms with van der Waals surface area (Å²) < 4.78 is 4.32. The highest BCUT2D eigenvalue weighted by molar-refractivity contribution is 7.71. The lowest BCUT2D eigenvalue weighted by molar-refractivity contribution is -0.384. The minimum Gasteiger partial charge on any atom is -0.349 e. The van der Waals surface area contributed by atoms with Gasteiger partial charge >= 0.3 is 0 Å². The molecule has 0 radical (unpaired) electrons. The zero-order chi connectivity index (χ0) is 16.0. The molecular weight excluding hydrogens is 302 g/mol. The molecule has 0 bridgehead atoms. The minimum atomic E-state index is -0.355. The number of aryl methyl sites for hydroxylation is 1. The molecule has 0 N–H and O–H groups in total. The molecule has 1 aromatic carbocycles. The Balaban J connectivity index is 1.95. The second kappa shape index (κ2) is 5.20. The molecule has 0 amide bonds. The number of benzene rings is 1. The first kappa shape index (κ1) is 14.7. The molecular formula is C14H17N5O2S. The van der Waals surface area contributed by atoms with Crippen LogP contribution in [0.2, 0.25) is 0 Å². The molecule has 7 nitrogen and oxygen atoms in total. The fourth-order valence-corrected chi connectivity index (χ4v) is 3.07. The van der Waals surface area contributed by atoms with E-state index in [-0.39, 0.29) is 16.7 Å². The van der Waals surface area contributed by atoms with Gasteiger partial charge in [0.1, 0.15) is 12.5 Å². The standard InChI is InChI=1S/C14H17N5O2S/c1-9-6-11-7-12(19(20)21)4-5-13(11)17(9)8-18-14(22)16(3)10(2)15-18/h4-5,7,9H,6,8H2,1-3H3/t9-/m0/s1. The van der Waals surface area contributed by atoms with Crippen LogP contribution in [0.3, 0.4) is 0 Å². The van der Waals surface area contributed by atoms with Gasteiger partial charge < -0.3 is 9.47 Å². The topological polar surface area (TPSA) is 69.1 Å². The van der Waals surface area contributed by atoms with E-state index >= 15 is 0 Å². The summed E-state index contributed by atoms with van der Waals surface area (Å²) in [6.07, 6.45) is 0.788. The lowest BCUT2D eigenvalue weighted by Crippen LogP contribution is -2.32. The van der Waals surface area contributed by atoms with Gasteiger partial charge in [0.05, 0.1) is 4.92 Å². The van der Waals surface area contributed by atoms with Gasteiger partial charge in [-0.05, 0) is 44.1 Å². The molecule has 0 saturated carbocycles. The van der Waals surface area contributed by atoms with E-state index in [1.807, 2.05) is 24.6 Å². The molecule has 1 aromatic heterocycles. The monoisotopic (exact) mass is 319 g/mol. The summed E-state index contributed by atoms with van der Waals surface area (Å²) in [4.78, 5) is 12.7. The number of anilines is 1. The smallest absolute Gasteiger partial charge is 0.269 e. The molecule has 2 aromatic rings. The molecule has 0 fully saturated rings. The van der Waals surface area contributed by atoms with Crippen molar-refractivity contribution in [1.29, 1.82) is 0 Å². The fraction of sp³-hybridized carbons (Fsp3) is 0.429. The molecule has 0 saturated heterocycles. The van der Waals surface area contributed by atoms with Crippen molar-refractivity contribution < 1.29 is 4.92 Å². The summed E-state index contributed by atoms with van der Waals surface area (Å²) in [5.74, 6) is 0.862. The molecule has 22 heavy (non-hydrogen) atoms. The van der Waals surface area contributed by atoms with Crippen LogP contribution < -0.4 is 4.90 Å². The van der Waals surface area contributed by atoms with Crippen LogP contribution in [-0.2, 0) is 20.1 Å². The van der Waals surface area contributed by atoms with Crippen molar-refractivity contribution in [2.24, 2.45) is 7.05 Å². The maximum atomic E-state index is 10.9. The van der Waals surface area contributed by atoms with Gasteiger partial charge in [-0.25, -0.2) is 4.68 Å². The molecule has 116 valence electrons. The maximum absolute atomic E-state index is 10.9. The summed E-state index contributed by atoms with van der Waals surface area (Å²) >= 11 is 5.39. The Labute approximate surface area is 132 Å². The zero-order valence-electron chi connectivity index (χ0n) is 12.7. The Morgan fingerprint density at radius 1 is 1.50 bits per heavy atom. The molecule has 1 atom stereocenters. The van der Waals surface area contributed by atoms with E-state index in [0.29, 0.717) is 11.4 Å². The van der Waals surface area contributed by atoms with Gasteiger partial charge in [0.25, 0.3) is 5.69 Å². The quantitative estimate of drug-likeness (QED) is 0.494. The number of aromatic nitrogens is 3. The van der Waals surface area contributed by atoms with Gasteiger partial charge in [0.2, 0.25) is 0 Å². The Bertz CT molecular complexity index is 810. The molecule has 1 aliphatic heterocycles. The van der Waals surface area contributed by atoms with Gasteiger partial charge in [0.15, 0.2) is 4.77 Å². The Kier molecular flexibility index (Phi) is 3.48. The Hall–Kier alpha value is -2.22. The first-order chi connectivity index (χ1) is 10.4. The summed E-state index contributed by atoms with van der Waals surface area (Å²) in [7, 11) is 1.89. The van der Waals surface area contributed by atoms with Crippen LogP contribution in [-0.4, -0.2) is 25.3 Å². The lowest BCUT2D eigenvalue weighted by Gasteiger charge is -2.24. The van der Waals surface area contributed by atoms with Crippen LogP contribution in [0.5, 0.6) is 0 Å². The first-order valence-electron chi connectivity index (χ1n) is 7.03. The van der Waals surface area contributed by atoms with Crippen LogP contribution >= 0.6 is 12.2 Å². The normalized spacial score (nSPS) is 16.9. The lowest BCUT2D eigenvalue weighted by atomic mass is 10.1. The average molecular weight is 319 g/mol. The summed E-state index contributed by atoms with van der Waals surface area (Å²) in [6, 6.07) is 5.28. The van der Waals surface area contributed by atoms with Crippen LogP contribution in [0.15, 0.2) is 18.2 Å². The van der Waals surface area contributed by atoms with Crippen molar-refractivity contribution in [1.82, 2.24) is 14.3 Å². The van der Waals surface area contributed by atoms with E-state index in [0.717, 1.165) is 23.5 Å². The second-order valence-electron chi connectivity index (χ2n) is 5.62. The highest BCUT2D eigenvalue weighted by Crippen LogP contribution is 2.34. The van der Waals surface area contributed by atoms with Crippen molar-refractivity contribution >= 4 is 23.6 Å². The van der Waals surface area contributed by atoms with E-state index in [1.165, 1.54) is 0 Å². The van der Waals surface area contributed by atoms with Crippen molar-refractivity contribution in [3.05, 3.63) is 44.5 Å². The van der Waals surface area contributed by atoms with Crippen LogP contribution in [0.25, 0.3) is 0 Å². The minimum absolute atomic E-state index is 0.137. The molecule has 2 heterocycles. The molecule has 0 unspecified atom stereocenters. The van der Waals surface area contributed by atoms with E-state index in [4.69, 9.17) is 12.2 Å². The third-order valence-electron chi connectivity index (χ3n) is 4.18. The molecule has 1 aliphatic rings. The number of hydrogen-bond donors (Lipinski definition) is 0. The Morgan fingerprint density at radius 2 is 2.23 bits per heavy atom. The largest absolute Gasteiger partial charge is 0.349 e. The van der Waals surface area contributed by atoms with Crippen LogP contribution in [0.4, 0.5) is 11.4 Å². The van der Waals surface area contributed by atoms with E-state index in [2.05, 4.69) is 16.9 Å². The number of nitro groups is 1. The first-order valence-corrected chi connectivity index (χ1v) is 7.43. The zero-order valence-corrected chi connectivity index (χ0v) is 13.5. The van der Waals surface area contributed by atoms with Crippen molar-refractivity contribution in [3.63, 3.8) is 0 Å². The third-order valence-corrected chi connectivity index (χ3v) is 4.66. The van der Waals surface area contributed by atoms with Gasteiger partial charge in [-0.1, -0.05) is 0 Å². The summed E-state index contributed by atoms with van der Waals surface area (Å²) in [5.41, 5.74) is 2.15. The van der Waals surface area contributed by atoms with E-state index in [9.17, 15) is 10.1 Å². The Morgan fingerprint density at radius 3 is 2.82 bits per heavy atom. The number of non-ortho nitro benzene ring substituents is 1. The highest BCUT2D eigenvalue weighted by atomic mass is 32.1. The van der Waals surface area contributed by atoms with E-state index in [1.54, 1.807) is 16.8 Å². The molecule has 3 rings (SSSR count). The van der Waals surface area contributed by atoms with Crippen molar-refractivity contribution in [3.8, 4) is 0 Å². The number of fused-ring (bicyclic) bond motifs is 1. The molecule has 0 aliphatic carbocycles. The number of hydrogen-bond acceptors (Lipinski definition) is 5. The number of nitro benzene ring substituents is 1. The highest BCUT2D eigenvalue weighted by Gasteiger charge is 2.28. The van der Waals surface area contributed by atoms with Gasteiger partial charge in [-0.3, -0.25) is 10.1 Å². The third kappa shape index (κ3) is 2.29. The SMILES string of the molecule is Cc1nn(CN2c3ccc([N+](=O)[O-])cc3C[C@@H]2C)c(=S)n1C. The molecule has 0 spiro atoms. The van der Waals surface area contributed by atoms with Crippen molar-refractivity contribution in [2.45, 2.75) is 33.0 Å². The molecule has 8 heteroatoms. The average Bonchev–Trinajstić information content (AvgIpc) is 2.91. The summed E-state index contributed by atoms with van der Waals surface area (Å²) in [6.45, 7) is 4.56. The number of nitrogens with zero attached hydrogens (tertiary/aromatic N) is 5. The van der Waals surface area contributed by atoms with Crippen molar-refractivity contribution in [2.75, 3.05) is 4.90 Å². The van der Waals surface area contributed by atoms with Gasteiger partial charge in [-0.2, -0.15) is 5.10 Å².